The first-order valence-corrected chi connectivity index (χ1v) is 9.32. The van der Waals surface area contributed by atoms with Gasteiger partial charge in [-0.2, -0.15) is 0 Å². The van der Waals surface area contributed by atoms with Crippen molar-refractivity contribution in [3.05, 3.63) is 60.8 Å². The minimum atomic E-state index is -0.472. The largest absolute Gasteiger partial charge is 0.466 e. The number of hydrogen-bond acceptors (Lipinski definition) is 3. The predicted octanol–water partition coefficient (Wildman–Crippen LogP) is 5.44. The van der Waals surface area contributed by atoms with E-state index in [1.54, 1.807) is 6.08 Å². The van der Waals surface area contributed by atoms with Crippen LogP contribution in [0.15, 0.2) is 60.8 Å². The minimum absolute atomic E-state index is 0.141. The van der Waals surface area contributed by atoms with Gasteiger partial charge in [-0.25, -0.2) is 0 Å². The molecule has 0 aromatic carbocycles. The maximum Gasteiger partial charge on any atom is 0.305 e. The first kappa shape index (κ1) is 23.1. The van der Waals surface area contributed by atoms with Crippen LogP contribution in [0.5, 0.6) is 0 Å². The van der Waals surface area contributed by atoms with Crippen LogP contribution in [-0.4, -0.2) is 23.8 Å². The second-order valence-corrected chi connectivity index (χ2v) is 5.61. The zero-order valence-electron chi connectivity index (χ0n) is 15.8. The molecule has 1 atom stereocenters. The molecule has 1 unspecified atom stereocenters. The summed E-state index contributed by atoms with van der Waals surface area (Å²) in [6, 6.07) is 0. The van der Waals surface area contributed by atoms with Crippen molar-refractivity contribution in [2.45, 2.75) is 64.9 Å². The molecule has 0 aliphatic rings. The zero-order valence-corrected chi connectivity index (χ0v) is 15.8. The second kappa shape index (κ2) is 18.5. The van der Waals surface area contributed by atoms with Gasteiger partial charge in [-0.05, 0) is 45.4 Å². The maximum atomic E-state index is 11.1. The van der Waals surface area contributed by atoms with Gasteiger partial charge in [-0.15, -0.1) is 0 Å². The Kier molecular flexibility index (Phi) is 17.1. The monoisotopic (exact) mass is 346 g/mol. The molecule has 0 heterocycles. The number of rotatable bonds is 14. The van der Waals surface area contributed by atoms with Crippen LogP contribution in [0, 0.1) is 0 Å². The molecule has 0 aliphatic heterocycles. The quantitative estimate of drug-likeness (QED) is 0.197. The zero-order chi connectivity index (χ0) is 18.6. The smallest absolute Gasteiger partial charge is 0.305 e. The molecule has 1 N–H and O–H groups in total. The molecular formula is C22H34O3. The summed E-state index contributed by atoms with van der Waals surface area (Å²) >= 11 is 0. The van der Waals surface area contributed by atoms with Gasteiger partial charge < -0.3 is 9.84 Å². The van der Waals surface area contributed by atoms with E-state index in [0.29, 0.717) is 19.4 Å². The molecule has 0 radical (unpaired) electrons. The van der Waals surface area contributed by atoms with Crippen molar-refractivity contribution in [1.82, 2.24) is 0 Å². The van der Waals surface area contributed by atoms with Crippen molar-refractivity contribution in [2.24, 2.45) is 0 Å². The highest BCUT2D eigenvalue weighted by atomic mass is 16.5. The predicted molar refractivity (Wildman–Crippen MR) is 106 cm³/mol. The maximum absolute atomic E-state index is 11.1. The molecular weight excluding hydrogens is 312 g/mol. The molecule has 0 amide bonds. The van der Waals surface area contributed by atoms with E-state index in [1.807, 2.05) is 31.2 Å². The van der Waals surface area contributed by atoms with Gasteiger partial charge in [-0.3, -0.25) is 4.79 Å². The number of carbonyl (C=O) groups excluding carboxylic acids is 1. The van der Waals surface area contributed by atoms with Crippen molar-refractivity contribution in [3.63, 3.8) is 0 Å². The van der Waals surface area contributed by atoms with Crippen molar-refractivity contribution in [1.29, 1.82) is 0 Å². The van der Waals surface area contributed by atoms with E-state index in [9.17, 15) is 9.90 Å². The molecule has 0 fully saturated rings. The Morgan fingerprint density at radius 3 is 2.40 bits per heavy atom. The summed E-state index contributed by atoms with van der Waals surface area (Å²) in [5, 5.41) is 9.82. The molecule has 0 saturated carbocycles. The Morgan fingerprint density at radius 1 is 0.960 bits per heavy atom. The lowest BCUT2D eigenvalue weighted by atomic mass is 10.2. The van der Waals surface area contributed by atoms with E-state index < -0.39 is 6.10 Å². The number of ether oxygens (including phenoxy) is 1. The summed E-state index contributed by atoms with van der Waals surface area (Å²) in [6.07, 6.45) is 25.4. The van der Waals surface area contributed by atoms with Gasteiger partial charge in [0, 0.05) is 6.42 Å². The highest BCUT2D eigenvalue weighted by Crippen LogP contribution is 2.02. The van der Waals surface area contributed by atoms with Crippen molar-refractivity contribution < 1.29 is 14.6 Å². The van der Waals surface area contributed by atoms with Crippen molar-refractivity contribution in [3.8, 4) is 0 Å². The van der Waals surface area contributed by atoms with Gasteiger partial charge in [0.25, 0.3) is 0 Å². The lowest BCUT2D eigenvalue weighted by molar-refractivity contribution is -0.143. The summed E-state index contributed by atoms with van der Waals surface area (Å²) in [6.45, 7) is 4.38. The number of esters is 1. The summed E-state index contributed by atoms with van der Waals surface area (Å²) in [4.78, 5) is 11.1. The topological polar surface area (TPSA) is 46.5 Å². The van der Waals surface area contributed by atoms with Gasteiger partial charge >= 0.3 is 5.97 Å². The van der Waals surface area contributed by atoms with Crippen LogP contribution in [0.1, 0.15) is 58.8 Å². The molecule has 25 heavy (non-hydrogen) atoms. The number of allylic oxidation sites excluding steroid dienone is 8. The molecule has 0 bridgehead atoms. The minimum Gasteiger partial charge on any atom is -0.466 e. The third-order valence-electron chi connectivity index (χ3n) is 3.30. The van der Waals surface area contributed by atoms with Crippen LogP contribution < -0.4 is 0 Å². The summed E-state index contributed by atoms with van der Waals surface area (Å²) in [7, 11) is 0. The molecule has 0 aromatic heterocycles. The number of unbranched alkanes of at least 4 members (excludes halogenated alkanes) is 1. The average Bonchev–Trinajstić information content (AvgIpc) is 2.60. The fourth-order valence-corrected chi connectivity index (χ4v) is 1.99. The van der Waals surface area contributed by atoms with E-state index in [0.717, 1.165) is 32.1 Å². The fourth-order valence-electron chi connectivity index (χ4n) is 1.99. The van der Waals surface area contributed by atoms with Crippen LogP contribution >= 0.6 is 0 Å². The second-order valence-electron chi connectivity index (χ2n) is 5.61. The third kappa shape index (κ3) is 18.3. The third-order valence-corrected chi connectivity index (χ3v) is 3.30. The summed E-state index contributed by atoms with van der Waals surface area (Å²) in [5.41, 5.74) is 0. The van der Waals surface area contributed by atoms with E-state index in [-0.39, 0.29) is 5.97 Å². The first-order valence-electron chi connectivity index (χ1n) is 9.32. The first-order chi connectivity index (χ1) is 12.2. The lowest BCUT2D eigenvalue weighted by Gasteiger charge is -2.00. The average molecular weight is 347 g/mol. The number of hydrogen-bond donors (Lipinski definition) is 1. The SMILES string of the molecule is CCC=CCC=CCC=CC=CC(O)CC=CCCCC(=O)OCC. The van der Waals surface area contributed by atoms with E-state index in [2.05, 4.69) is 37.3 Å². The van der Waals surface area contributed by atoms with E-state index in [4.69, 9.17) is 4.74 Å². The number of aliphatic hydroxyl groups is 1. The van der Waals surface area contributed by atoms with Crippen molar-refractivity contribution in [2.75, 3.05) is 6.61 Å². The van der Waals surface area contributed by atoms with E-state index >= 15 is 0 Å². The Bertz CT molecular complexity index is 456. The molecule has 0 aliphatic carbocycles. The standard InChI is InChI=1S/C22H34O3/c1-3-5-6-7-8-9-10-11-12-15-18-21(23)19-16-13-14-17-20-22(24)25-4-2/h5-6,8-9,11-13,15-16,18,21,23H,3-4,7,10,14,17,19-20H2,1-2H3. The van der Waals surface area contributed by atoms with Gasteiger partial charge in [0.05, 0.1) is 12.7 Å². The van der Waals surface area contributed by atoms with Crippen LogP contribution in [-0.2, 0) is 9.53 Å². The number of carbonyl (C=O) groups is 1. The van der Waals surface area contributed by atoms with Crippen LogP contribution in [0.4, 0.5) is 0 Å². The Hall–Kier alpha value is -1.87. The fraction of sp³-hybridized carbons (Fsp3) is 0.500. The molecule has 0 aromatic rings. The number of aliphatic hydroxyl groups excluding tert-OH is 1. The Morgan fingerprint density at radius 2 is 1.68 bits per heavy atom. The molecule has 0 spiro atoms. The van der Waals surface area contributed by atoms with Gasteiger partial charge in [0.15, 0.2) is 0 Å². The van der Waals surface area contributed by atoms with Gasteiger partial charge in [0.2, 0.25) is 0 Å². The molecule has 0 rings (SSSR count). The highest BCUT2D eigenvalue weighted by molar-refractivity contribution is 5.69. The normalized spacial score (nSPS) is 13.9. The molecule has 0 saturated heterocycles. The van der Waals surface area contributed by atoms with Crippen molar-refractivity contribution >= 4 is 5.97 Å². The Labute approximate surface area is 153 Å². The highest BCUT2D eigenvalue weighted by Gasteiger charge is 1.99. The van der Waals surface area contributed by atoms with Gasteiger partial charge in [0.1, 0.15) is 0 Å². The van der Waals surface area contributed by atoms with Gasteiger partial charge in [-0.1, -0.05) is 67.7 Å². The van der Waals surface area contributed by atoms with Crippen LogP contribution in [0.25, 0.3) is 0 Å². The lowest BCUT2D eigenvalue weighted by Crippen LogP contribution is -2.02. The van der Waals surface area contributed by atoms with E-state index in [1.165, 1.54) is 0 Å². The summed E-state index contributed by atoms with van der Waals surface area (Å²) < 4.78 is 4.86. The van der Waals surface area contributed by atoms with Crippen LogP contribution in [0.2, 0.25) is 0 Å². The van der Waals surface area contributed by atoms with Crippen LogP contribution in [0.3, 0.4) is 0 Å². The molecule has 3 nitrogen and oxygen atoms in total. The molecule has 3 heteroatoms. The molecule has 140 valence electrons. The summed E-state index contributed by atoms with van der Waals surface area (Å²) in [5.74, 6) is -0.141. The Balaban J connectivity index is 3.70.